The van der Waals surface area contributed by atoms with E-state index in [1.165, 1.54) is 5.56 Å². The molecule has 2 atom stereocenters. The van der Waals surface area contributed by atoms with Crippen molar-refractivity contribution in [2.24, 2.45) is 5.73 Å². The Morgan fingerprint density at radius 2 is 1.70 bits per heavy atom. The maximum absolute atomic E-state index is 13.5. The van der Waals surface area contributed by atoms with Gasteiger partial charge in [0.25, 0.3) is 6.43 Å². The van der Waals surface area contributed by atoms with Gasteiger partial charge in [0, 0.05) is 42.1 Å². The predicted molar refractivity (Wildman–Crippen MR) is 164 cm³/mol. The molecule has 0 aliphatic carbocycles. The van der Waals surface area contributed by atoms with Gasteiger partial charge in [-0.3, -0.25) is 9.69 Å². The lowest BCUT2D eigenvalue weighted by molar-refractivity contribution is -0.106. The van der Waals surface area contributed by atoms with E-state index in [0.717, 1.165) is 47.6 Å². The van der Waals surface area contributed by atoms with Crippen molar-refractivity contribution < 1.29 is 18.7 Å². The summed E-state index contributed by atoms with van der Waals surface area (Å²) >= 11 is 0. The molecule has 1 aliphatic heterocycles. The molecule has 2 aromatic heterocycles. The van der Waals surface area contributed by atoms with E-state index < -0.39 is 6.43 Å². The Hall–Kier alpha value is -4.66. The average Bonchev–Trinajstić information content (AvgIpc) is 3.57. The number of terminal acetylenes is 1. The first kappa shape index (κ1) is 32.8. The summed E-state index contributed by atoms with van der Waals surface area (Å²) in [5, 5.41) is 17.8. The third-order valence-electron chi connectivity index (χ3n) is 7.09. The number of likely N-dealkylation sites (tertiary alicyclic amines) is 1. The first-order valence-corrected chi connectivity index (χ1v) is 13.8. The average molecular weight is 590 g/mol. The van der Waals surface area contributed by atoms with Gasteiger partial charge in [-0.25, -0.2) is 23.4 Å². The van der Waals surface area contributed by atoms with Gasteiger partial charge in [-0.2, -0.15) is 5.10 Å². The minimum Gasteiger partial charge on any atom is -0.388 e. The Bertz CT molecular complexity index is 1410. The highest BCUT2D eigenvalue weighted by Crippen LogP contribution is 2.33. The smallest absolute Gasteiger partial charge is 0.251 e. The van der Waals surface area contributed by atoms with Gasteiger partial charge in [0.15, 0.2) is 5.82 Å². The number of hydrogen-bond acceptors (Lipinski definition) is 7. The fraction of sp³-hybridized carbons (Fsp3) is 0.312. The maximum Gasteiger partial charge on any atom is 0.251 e. The largest absolute Gasteiger partial charge is 0.388 e. The van der Waals surface area contributed by atoms with E-state index in [2.05, 4.69) is 46.0 Å². The zero-order valence-electron chi connectivity index (χ0n) is 24.1. The van der Waals surface area contributed by atoms with Gasteiger partial charge in [0.1, 0.15) is 18.1 Å². The second-order valence-corrected chi connectivity index (χ2v) is 9.85. The summed E-state index contributed by atoms with van der Waals surface area (Å²) in [7, 11) is 0. The van der Waals surface area contributed by atoms with Crippen LogP contribution in [-0.4, -0.2) is 67.8 Å². The lowest BCUT2D eigenvalue weighted by Crippen LogP contribution is -2.35. The molecule has 1 aliphatic rings. The molecule has 9 nitrogen and oxygen atoms in total. The molecule has 2 aromatic carbocycles. The molecule has 4 aromatic rings. The molecule has 1 amide bonds. The third-order valence-corrected chi connectivity index (χ3v) is 7.09. The van der Waals surface area contributed by atoms with Crippen molar-refractivity contribution in [1.29, 1.82) is 0 Å². The van der Waals surface area contributed by atoms with E-state index in [9.17, 15) is 13.9 Å². The summed E-state index contributed by atoms with van der Waals surface area (Å²) in [6.45, 7) is 2.07. The Morgan fingerprint density at radius 3 is 2.28 bits per heavy atom. The number of halogens is 2. The van der Waals surface area contributed by atoms with Crippen molar-refractivity contribution in [2.75, 3.05) is 18.4 Å². The third kappa shape index (κ3) is 8.91. The molecule has 0 spiro atoms. The second-order valence-electron chi connectivity index (χ2n) is 9.85. The Labute approximate surface area is 250 Å². The number of amides is 1. The van der Waals surface area contributed by atoms with Crippen LogP contribution in [0.5, 0.6) is 0 Å². The van der Waals surface area contributed by atoms with Crippen LogP contribution in [0.2, 0.25) is 0 Å². The van der Waals surface area contributed by atoms with Crippen LogP contribution in [0.15, 0.2) is 73.1 Å². The van der Waals surface area contributed by atoms with Gasteiger partial charge in [0.05, 0.1) is 12.2 Å². The number of nitrogens with one attached hydrogen (secondary N) is 1. The first-order chi connectivity index (χ1) is 20.9. The topological polar surface area (TPSA) is 122 Å². The van der Waals surface area contributed by atoms with Crippen molar-refractivity contribution in [1.82, 2.24) is 24.6 Å². The number of nitrogens with zero attached hydrogens (tertiary/aromatic N) is 5. The minimum absolute atomic E-state index is 0.00625. The van der Waals surface area contributed by atoms with Crippen LogP contribution in [0.1, 0.15) is 29.8 Å². The second kappa shape index (κ2) is 16.7. The summed E-state index contributed by atoms with van der Waals surface area (Å²) in [5.74, 6) is 1.17. The van der Waals surface area contributed by atoms with E-state index in [0.29, 0.717) is 12.4 Å². The van der Waals surface area contributed by atoms with E-state index >= 15 is 0 Å². The van der Waals surface area contributed by atoms with E-state index in [1.807, 2.05) is 65.0 Å². The van der Waals surface area contributed by atoms with Gasteiger partial charge in [-0.1, -0.05) is 48.5 Å². The van der Waals surface area contributed by atoms with Crippen LogP contribution < -0.4 is 11.1 Å². The zero-order chi connectivity index (χ0) is 31.2. The fourth-order valence-corrected chi connectivity index (χ4v) is 5.22. The number of para-hydroxylation sites is 1. The van der Waals surface area contributed by atoms with E-state index in [1.54, 1.807) is 12.4 Å². The fourth-order valence-electron chi connectivity index (χ4n) is 5.22. The van der Waals surface area contributed by atoms with Crippen LogP contribution in [0, 0.1) is 19.8 Å². The molecule has 0 bridgehead atoms. The number of nitrogens with two attached hydrogens (primary N) is 1. The molecule has 1 fully saturated rings. The van der Waals surface area contributed by atoms with Gasteiger partial charge in [0.2, 0.25) is 6.41 Å². The predicted octanol–water partition coefficient (Wildman–Crippen LogP) is 4.23. The molecule has 1 saturated heterocycles. The molecule has 0 radical (unpaired) electrons. The quantitative estimate of drug-likeness (QED) is 0.187. The van der Waals surface area contributed by atoms with Crippen LogP contribution in [0.25, 0.3) is 16.9 Å². The number of aliphatic hydroxyl groups is 1. The van der Waals surface area contributed by atoms with Crippen molar-refractivity contribution in [3.8, 4) is 29.8 Å². The van der Waals surface area contributed by atoms with Crippen molar-refractivity contribution in [2.45, 2.75) is 51.3 Å². The molecular formula is C32H37F2N7O2. The van der Waals surface area contributed by atoms with Crippen LogP contribution in [-0.2, 0) is 17.8 Å². The van der Waals surface area contributed by atoms with Gasteiger partial charge >= 0.3 is 0 Å². The standard InChI is InChI=1S/C29H32F2N6O.C2H2.CH3NO/c1-20-28(22-15-32-27(19-38)33-16-22)35-37(24-10-6-3-7-11-24)29(20)34-23-14-25(36(17-23)18-26(30)31)13-12-21-8-4-2-5-9-21;1-2;2-1-3/h2-11,15-16,23,25-26,34,38H,12-14,17-19H2,1H3;1-2H;1H,(H2,2,3)/t23?,25-;;/m0../s1. The zero-order valence-corrected chi connectivity index (χ0v) is 24.1. The van der Waals surface area contributed by atoms with Crippen LogP contribution in [0.4, 0.5) is 14.6 Å². The number of anilines is 1. The highest BCUT2D eigenvalue weighted by Gasteiger charge is 2.34. The number of hydrogen-bond donors (Lipinski definition) is 3. The molecule has 226 valence electrons. The van der Waals surface area contributed by atoms with Crippen LogP contribution >= 0.6 is 0 Å². The summed E-state index contributed by atoms with van der Waals surface area (Å²) in [6, 6.07) is 20.1. The van der Waals surface area contributed by atoms with E-state index in [4.69, 9.17) is 9.89 Å². The molecule has 5 rings (SSSR count). The number of aromatic nitrogens is 4. The Morgan fingerprint density at radius 1 is 1.09 bits per heavy atom. The lowest BCUT2D eigenvalue weighted by Gasteiger charge is -2.23. The molecule has 43 heavy (non-hydrogen) atoms. The number of carbonyl (C=O) groups excluding carboxylic acids is 1. The van der Waals surface area contributed by atoms with Crippen molar-refractivity contribution >= 4 is 12.2 Å². The molecule has 4 N–H and O–H groups in total. The summed E-state index contributed by atoms with van der Waals surface area (Å²) in [4.78, 5) is 18.9. The number of aryl methyl sites for hydroxylation is 1. The number of aliphatic hydroxyl groups excluding tert-OH is 1. The highest BCUT2D eigenvalue weighted by atomic mass is 19.3. The number of carbonyl (C=O) groups is 1. The summed E-state index contributed by atoms with van der Waals surface area (Å²) in [5.41, 5.74) is 8.66. The van der Waals surface area contributed by atoms with Crippen molar-refractivity contribution in [3.05, 3.63) is 90.0 Å². The first-order valence-electron chi connectivity index (χ1n) is 13.8. The molecule has 11 heteroatoms. The van der Waals surface area contributed by atoms with Gasteiger partial charge < -0.3 is 16.2 Å². The van der Waals surface area contributed by atoms with E-state index in [-0.39, 0.29) is 31.6 Å². The minimum atomic E-state index is -2.38. The monoisotopic (exact) mass is 589 g/mol. The lowest BCUT2D eigenvalue weighted by atomic mass is 10.0. The molecule has 3 heterocycles. The number of rotatable bonds is 10. The van der Waals surface area contributed by atoms with Crippen molar-refractivity contribution in [3.63, 3.8) is 0 Å². The summed E-state index contributed by atoms with van der Waals surface area (Å²) in [6.07, 6.45) is 11.6. The normalized spacial score (nSPS) is 16.1. The Balaban J connectivity index is 0.000000953. The molecule has 1 unspecified atom stereocenters. The Kier molecular flexibility index (Phi) is 12.8. The number of benzene rings is 2. The number of primary amides is 1. The molecular weight excluding hydrogens is 552 g/mol. The maximum atomic E-state index is 13.5. The number of alkyl halides is 2. The highest BCUT2D eigenvalue weighted by molar-refractivity contribution is 5.69. The van der Waals surface area contributed by atoms with Crippen LogP contribution in [0.3, 0.4) is 0 Å². The van der Waals surface area contributed by atoms with Gasteiger partial charge in [-0.15, -0.1) is 12.8 Å². The molecule has 0 saturated carbocycles. The summed E-state index contributed by atoms with van der Waals surface area (Å²) < 4.78 is 28.8. The SMILES string of the molecule is C#C.Cc1c(-c2cnc(CO)nc2)nn(-c2ccccc2)c1NC1C[C@H](CCc2ccccc2)N(CC(F)F)C1.NC=O. The van der Waals surface area contributed by atoms with Gasteiger partial charge in [-0.05, 0) is 43.9 Å².